The number of nitrogens with one attached hydrogen (secondary N) is 3. The summed E-state index contributed by atoms with van der Waals surface area (Å²) in [7, 11) is 0. The Labute approximate surface area is 281 Å². The van der Waals surface area contributed by atoms with E-state index in [1.807, 2.05) is 32.0 Å². The van der Waals surface area contributed by atoms with Gasteiger partial charge in [-0.3, -0.25) is 29.1 Å². The second-order valence-corrected chi connectivity index (χ2v) is 12.7. The summed E-state index contributed by atoms with van der Waals surface area (Å²) >= 11 is 0. The van der Waals surface area contributed by atoms with Gasteiger partial charge >= 0.3 is 0 Å². The third kappa shape index (κ3) is 11.7. The lowest BCUT2D eigenvalue weighted by molar-refractivity contribution is -0.131. The molecule has 0 radical (unpaired) electrons. The number of rotatable bonds is 14. The van der Waals surface area contributed by atoms with E-state index in [9.17, 15) is 19.2 Å². The number of hydrogen-bond acceptors (Lipinski definition) is 10. The van der Waals surface area contributed by atoms with Crippen LogP contribution in [0.1, 0.15) is 54.6 Å². The average Bonchev–Trinajstić information content (AvgIpc) is 3.66. The van der Waals surface area contributed by atoms with Gasteiger partial charge in [-0.05, 0) is 43.9 Å². The summed E-state index contributed by atoms with van der Waals surface area (Å²) in [4.78, 5) is 57.9. The van der Waals surface area contributed by atoms with E-state index in [4.69, 9.17) is 14.0 Å². The molecule has 2 aromatic heterocycles. The Morgan fingerprint density at radius 2 is 1.67 bits per heavy atom. The van der Waals surface area contributed by atoms with E-state index in [1.54, 1.807) is 37.5 Å². The van der Waals surface area contributed by atoms with Gasteiger partial charge in [0.25, 0.3) is 5.91 Å². The maximum atomic E-state index is 13.2. The molecular formula is C35H46N6O7. The van der Waals surface area contributed by atoms with Crippen LogP contribution < -0.4 is 16.0 Å². The molecule has 258 valence electrons. The molecule has 2 aliphatic rings. The molecule has 0 saturated carbocycles. The smallest absolute Gasteiger partial charge is 0.274 e. The minimum Gasteiger partial charge on any atom is -0.379 e. The van der Waals surface area contributed by atoms with Crippen molar-refractivity contribution in [2.24, 2.45) is 5.92 Å². The highest BCUT2D eigenvalue weighted by Gasteiger charge is 2.50. The van der Waals surface area contributed by atoms with E-state index in [1.165, 1.54) is 5.56 Å². The summed E-state index contributed by atoms with van der Waals surface area (Å²) in [5.41, 5.74) is 1.25. The SMILES string of the molecule is CC(C)CC(NC(=O)CNC(=O)[C@H](Cc1ccncc1)NC(=O)c1cc(CN2CCOCC2)on1)C(=O)[C@@]1(C)CO1.Cc1ccccc1. The number of nitrogens with zero attached hydrogens (tertiary/aromatic N) is 3. The number of aromatic nitrogens is 2. The van der Waals surface area contributed by atoms with Crippen LogP contribution in [0.25, 0.3) is 0 Å². The van der Waals surface area contributed by atoms with Crippen molar-refractivity contribution in [3.63, 3.8) is 0 Å². The third-order valence-corrected chi connectivity index (χ3v) is 7.91. The second kappa shape index (κ2) is 17.6. The average molecular weight is 663 g/mol. The fourth-order valence-corrected chi connectivity index (χ4v) is 5.06. The number of carbonyl (C=O) groups excluding carboxylic acids is 4. The number of carbonyl (C=O) groups is 4. The van der Waals surface area contributed by atoms with Gasteiger partial charge < -0.3 is 29.9 Å². The zero-order valence-electron chi connectivity index (χ0n) is 28.1. The summed E-state index contributed by atoms with van der Waals surface area (Å²) in [6, 6.07) is 13.5. The van der Waals surface area contributed by atoms with Gasteiger partial charge in [0.15, 0.2) is 17.2 Å². The maximum Gasteiger partial charge on any atom is 0.274 e. The van der Waals surface area contributed by atoms with Crippen LogP contribution in [0, 0.1) is 12.8 Å². The predicted molar refractivity (Wildman–Crippen MR) is 177 cm³/mol. The first-order valence-electron chi connectivity index (χ1n) is 16.2. The Bertz CT molecular complexity index is 1490. The van der Waals surface area contributed by atoms with Crippen molar-refractivity contribution in [3.8, 4) is 0 Å². The van der Waals surface area contributed by atoms with Gasteiger partial charge in [-0.25, -0.2) is 0 Å². The number of ketones is 1. The molecule has 2 aliphatic heterocycles. The summed E-state index contributed by atoms with van der Waals surface area (Å²) in [6.45, 7) is 10.9. The lowest BCUT2D eigenvalue weighted by Gasteiger charge is -2.25. The van der Waals surface area contributed by atoms with Gasteiger partial charge in [0, 0.05) is 38.0 Å². The fourth-order valence-electron chi connectivity index (χ4n) is 5.06. The van der Waals surface area contributed by atoms with Crippen molar-refractivity contribution in [1.29, 1.82) is 0 Å². The third-order valence-electron chi connectivity index (χ3n) is 7.91. The largest absolute Gasteiger partial charge is 0.379 e. The molecule has 13 nitrogen and oxygen atoms in total. The molecule has 3 amide bonds. The van der Waals surface area contributed by atoms with E-state index in [0.29, 0.717) is 38.5 Å². The Balaban J connectivity index is 0.000000659. The van der Waals surface area contributed by atoms with Gasteiger partial charge in [0.2, 0.25) is 11.8 Å². The quantitative estimate of drug-likeness (QED) is 0.218. The molecule has 4 heterocycles. The number of pyridine rings is 1. The lowest BCUT2D eigenvalue weighted by Crippen LogP contribution is -2.52. The van der Waals surface area contributed by atoms with Crippen LogP contribution >= 0.6 is 0 Å². The Morgan fingerprint density at radius 1 is 0.979 bits per heavy atom. The molecule has 1 aromatic carbocycles. The van der Waals surface area contributed by atoms with E-state index >= 15 is 0 Å². The van der Waals surface area contributed by atoms with Crippen molar-refractivity contribution >= 4 is 23.5 Å². The van der Waals surface area contributed by atoms with Gasteiger partial charge in [-0.15, -0.1) is 0 Å². The molecule has 0 bridgehead atoms. The fraction of sp³-hybridized carbons (Fsp3) is 0.486. The van der Waals surface area contributed by atoms with Gasteiger partial charge in [-0.1, -0.05) is 54.9 Å². The summed E-state index contributed by atoms with van der Waals surface area (Å²) in [6.07, 6.45) is 3.78. The molecule has 0 spiro atoms. The summed E-state index contributed by atoms with van der Waals surface area (Å²) in [5.74, 6) is -1.16. The second-order valence-electron chi connectivity index (χ2n) is 12.7. The van der Waals surface area contributed by atoms with Crippen LogP contribution in [0.4, 0.5) is 0 Å². The zero-order chi connectivity index (χ0) is 34.5. The van der Waals surface area contributed by atoms with Crippen LogP contribution in [0.15, 0.2) is 65.4 Å². The van der Waals surface area contributed by atoms with E-state index in [-0.39, 0.29) is 30.4 Å². The predicted octanol–water partition coefficient (Wildman–Crippen LogP) is 2.24. The number of amides is 3. The van der Waals surface area contributed by atoms with Crippen LogP contribution in [0.2, 0.25) is 0 Å². The standard InChI is InChI=1S/C28H38N6O7.C7H8/c1-18(2)12-21(25(36)28(3)17-40-28)31-24(35)15-30-26(37)22(13-19-4-6-29-7-5-19)32-27(38)23-14-20(41-33-23)16-34-8-10-39-11-9-34;1-7-5-3-2-4-6-7/h4-7,14,18,21-22H,8-13,15-17H2,1-3H3,(H,30,37)(H,31,35)(H,32,38);2-6H,1H3/t21?,22-,28+;/m0./s1. The molecule has 48 heavy (non-hydrogen) atoms. The topological polar surface area (TPSA) is 168 Å². The molecule has 3 aromatic rings. The minimum absolute atomic E-state index is 0.0457. The van der Waals surface area contributed by atoms with Crippen molar-refractivity contribution in [3.05, 3.63) is 83.5 Å². The normalized spacial score (nSPS) is 18.5. The molecule has 1 unspecified atom stereocenters. The first-order chi connectivity index (χ1) is 23.0. The first kappa shape index (κ1) is 36.4. The van der Waals surface area contributed by atoms with Crippen LogP contribution in [-0.2, 0) is 36.8 Å². The number of ether oxygens (including phenoxy) is 2. The molecule has 0 aliphatic carbocycles. The molecule has 2 fully saturated rings. The molecule has 3 atom stereocenters. The Hall–Kier alpha value is -4.46. The van der Waals surface area contributed by atoms with Crippen molar-refractivity contribution in [1.82, 2.24) is 31.0 Å². The van der Waals surface area contributed by atoms with Gasteiger partial charge in [0.1, 0.15) is 11.6 Å². The molecule has 3 N–H and O–H groups in total. The minimum atomic E-state index is -1.01. The zero-order valence-corrected chi connectivity index (χ0v) is 28.1. The number of epoxide rings is 1. The number of hydrogen-bond donors (Lipinski definition) is 3. The van der Waals surface area contributed by atoms with Crippen LogP contribution in [-0.4, -0.2) is 95.7 Å². The highest BCUT2D eigenvalue weighted by atomic mass is 16.6. The number of morpholine rings is 1. The number of aryl methyl sites for hydroxylation is 1. The molecule has 2 saturated heterocycles. The maximum absolute atomic E-state index is 13.2. The monoisotopic (exact) mass is 662 g/mol. The van der Waals surface area contributed by atoms with Crippen molar-refractivity contribution in [2.45, 2.75) is 64.8 Å². The highest BCUT2D eigenvalue weighted by Crippen LogP contribution is 2.29. The van der Waals surface area contributed by atoms with Gasteiger partial charge in [-0.2, -0.15) is 0 Å². The van der Waals surface area contributed by atoms with Gasteiger partial charge in [0.05, 0.1) is 39.0 Å². The van der Waals surface area contributed by atoms with E-state index < -0.39 is 35.4 Å². The van der Waals surface area contributed by atoms with Crippen LogP contribution in [0.5, 0.6) is 0 Å². The van der Waals surface area contributed by atoms with Crippen molar-refractivity contribution < 1.29 is 33.2 Å². The van der Waals surface area contributed by atoms with E-state index in [0.717, 1.165) is 18.7 Å². The van der Waals surface area contributed by atoms with E-state index in [2.05, 4.69) is 50.0 Å². The Morgan fingerprint density at radius 3 is 2.27 bits per heavy atom. The number of benzene rings is 1. The number of Topliss-reactive ketones (excluding diaryl/α,β-unsaturated/α-hetero) is 1. The summed E-state index contributed by atoms with van der Waals surface area (Å²) in [5, 5.41) is 11.9. The molecular weight excluding hydrogens is 616 g/mol. The first-order valence-corrected chi connectivity index (χ1v) is 16.2. The lowest BCUT2D eigenvalue weighted by atomic mass is 9.93. The Kier molecular flexibility index (Phi) is 13.4. The van der Waals surface area contributed by atoms with Crippen molar-refractivity contribution in [2.75, 3.05) is 39.5 Å². The highest BCUT2D eigenvalue weighted by molar-refractivity contribution is 5.98. The molecule has 5 rings (SSSR count). The summed E-state index contributed by atoms with van der Waals surface area (Å²) < 4.78 is 16.0. The van der Waals surface area contributed by atoms with Crippen LogP contribution in [0.3, 0.4) is 0 Å². The molecule has 13 heteroatoms.